The number of rotatable bonds is 7. The Morgan fingerprint density at radius 3 is 2.47 bits per heavy atom. The van der Waals surface area contributed by atoms with Crippen LogP contribution in [-0.4, -0.2) is 54.9 Å². The van der Waals surface area contributed by atoms with Crippen LogP contribution in [0.15, 0.2) is 12.2 Å². The van der Waals surface area contributed by atoms with Crippen LogP contribution in [0.25, 0.3) is 0 Å². The van der Waals surface area contributed by atoms with E-state index in [1.807, 2.05) is 14.1 Å². The summed E-state index contributed by atoms with van der Waals surface area (Å²) < 4.78 is 5.33. The summed E-state index contributed by atoms with van der Waals surface area (Å²) in [6.07, 6.45) is -0.0239. The fourth-order valence-electron chi connectivity index (χ4n) is 1.09. The highest BCUT2D eigenvalue weighted by atomic mass is 35.5. The van der Waals surface area contributed by atoms with Crippen LogP contribution in [-0.2, 0) is 9.53 Å². The number of aliphatic hydroxyl groups excluding tert-OH is 1. The van der Waals surface area contributed by atoms with Crippen molar-refractivity contribution in [2.45, 2.75) is 19.6 Å². The first-order valence-electron chi connectivity index (χ1n) is 5.20. The van der Waals surface area contributed by atoms with Crippen molar-refractivity contribution < 1.29 is 31.5 Å². The summed E-state index contributed by atoms with van der Waals surface area (Å²) in [6.45, 7) is 5.89. The predicted octanol–water partition coefficient (Wildman–Crippen LogP) is -1.87. The Bertz CT molecular complexity index is 257. The average molecular weight is 286 g/mol. The maximum absolute atomic E-state index is 11.1. The molecule has 0 aromatic heterocycles. The van der Waals surface area contributed by atoms with Crippen molar-refractivity contribution in [2.24, 2.45) is 0 Å². The zero-order chi connectivity index (χ0) is 12.8. The van der Waals surface area contributed by atoms with Crippen molar-refractivity contribution >= 4 is 17.6 Å². The quantitative estimate of drug-likeness (QED) is 0.196. The standard InChI is InChI=1S/C11H21ClNO3.ClH/c1-9(2)11(15)16-8-7-13(3,4)10(14)5-6-12;/h10,14H,1,5-8H2,2-4H3;1H/q+1;/p-1. The first-order chi connectivity index (χ1) is 7.31. The van der Waals surface area contributed by atoms with Crippen LogP contribution in [0.1, 0.15) is 13.3 Å². The summed E-state index contributed by atoms with van der Waals surface area (Å²) in [7, 11) is 3.73. The van der Waals surface area contributed by atoms with Gasteiger partial charge in [0.05, 0.1) is 14.1 Å². The number of carbonyl (C=O) groups is 1. The van der Waals surface area contributed by atoms with Gasteiger partial charge in [0.15, 0.2) is 6.23 Å². The van der Waals surface area contributed by atoms with Gasteiger partial charge in [-0.2, -0.15) is 0 Å². The Kier molecular flexibility index (Phi) is 9.81. The molecule has 0 fully saturated rings. The molecular weight excluding hydrogens is 265 g/mol. The monoisotopic (exact) mass is 285 g/mol. The maximum Gasteiger partial charge on any atom is 0.333 e. The van der Waals surface area contributed by atoms with E-state index in [1.54, 1.807) is 6.92 Å². The molecule has 17 heavy (non-hydrogen) atoms. The number of hydrogen-bond donors (Lipinski definition) is 1. The maximum atomic E-state index is 11.1. The molecule has 1 unspecified atom stereocenters. The van der Waals surface area contributed by atoms with E-state index in [-0.39, 0.29) is 19.0 Å². The molecule has 0 aromatic carbocycles. The normalized spacial score (nSPS) is 12.5. The van der Waals surface area contributed by atoms with Gasteiger partial charge in [0.1, 0.15) is 13.2 Å². The number of likely N-dealkylation sites (N-methyl/N-ethyl adjacent to an activating group) is 1. The van der Waals surface area contributed by atoms with Gasteiger partial charge in [-0.05, 0) is 6.92 Å². The number of carbonyl (C=O) groups excluding carboxylic acids is 1. The molecule has 0 saturated carbocycles. The Morgan fingerprint density at radius 2 is 2.06 bits per heavy atom. The van der Waals surface area contributed by atoms with Crippen LogP contribution in [0.3, 0.4) is 0 Å². The molecule has 102 valence electrons. The summed E-state index contributed by atoms with van der Waals surface area (Å²) in [4.78, 5) is 11.1. The van der Waals surface area contributed by atoms with E-state index in [1.165, 1.54) is 0 Å². The Labute approximate surface area is 114 Å². The molecule has 1 N–H and O–H groups in total. The number of nitrogens with zero attached hydrogens (tertiary/aromatic N) is 1. The van der Waals surface area contributed by atoms with Crippen molar-refractivity contribution in [2.75, 3.05) is 33.1 Å². The molecule has 0 aliphatic carbocycles. The lowest BCUT2D eigenvalue weighted by Crippen LogP contribution is -3.00. The molecular formula is C11H21Cl2NO3. The summed E-state index contributed by atoms with van der Waals surface area (Å²) in [5, 5.41) is 9.78. The van der Waals surface area contributed by atoms with Crippen LogP contribution >= 0.6 is 11.6 Å². The summed E-state index contributed by atoms with van der Waals surface area (Å²) in [6, 6.07) is 0. The third kappa shape index (κ3) is 7.60. The number of esters is 1. The van der Waals surface area contributed by atoms with Crippen LogP contribution in [0, 0.1) is 0 Å². The number of hydrogen-bond acceptors (Lipinski definition) is 3. The van der Waals surface area contributed by atoms with Gasteiger partial charge in [0.2, 0.25) is 0 Å². The van der Waals surface area contributed by atoms with Crippen molar-refractivity contribution in [3.8, 4) is 0 Å². The zero-order valence-electron chi connectivity index (χ0n) is 10.6. The largest absolute Gasteiger partial charge is 1.00 e. The molecule has 0 aliphatic rings. The molecule has 0 saturated heterocycles. The fourth-order valence-corrected chi connectivity index (χ4v) is 1.29. The van der Waals surface area contributed by atoms with Crippen molar-refractivity contribution in [3.05, 3.63) is 12.2 Å². The molecule has 6 heteroatoms. The van der Waals surface area contributed by atoms with Crippen molar-refractivity contribution in [1.29, 1.82) is 0 Å². The molecule has 0 bridgehead atoms. The number of halogens is 2. The third-order valence-corrected chi connectivity index (χ3v) is 2.64. The van der Waals surface area contributed by atoms with E-state index in [0.29, 0.717) is 28.9 Å². The second-order valence-corrected chi connectivity index (χ2v) is 4.75. The SMILES string of the molecule is C=C(C)C(=O)OCC[N+](C)(C)C(O)CCCl.[Cl-]. The van der Waals surface area contributed by atoms with Gasteiger partial charge in [0, 0.05) is 17.9 Å². The van der Waals surface area contributed by atoms with E-state index in [0.717, 1.165) is 0 Å². The van der Waals surface area contributed by atoms with E-state index in [2.05, 4.69) is 6.58 Å². The highest BCUT2D eigenvalue weighted by Crippen LogP contribution is 2.08. The van der Waals surface area contributed by atoms with E-state index >= 15 is 0 Å². The first kappa shape index (κ1) is 19.1. The molecule has 0 heterocycles. The lowest BCUT2D eigenvalue weighted by molar-refractivity contribution is -0.936. The average Bonchev–Trinajstić information content (AvgIpc) is 2.17. The zero-order valence-corrected chi connectivity index (χ0v) is 12.1. The van der Waals surface area contributed by atoms with E-state index in [9.17, 15) is 9.90 Å². The molecule has 0 radical (unpaired) electrons. The molecule has 0 amide bonds. The van der Waals surface area contributed by atoms with Crippen LogP contribution in [0.4, 0.5) is 0 Å². The minimum absolute atomic E-state index is 0. The van der Waals surface area contributed by atoms with Crippen LogP contribution in [0.5, 0.6) is 0 Å². The minimum atomic E-state index is -0.541. The van der Waals surface area contributed by atoms with Gasteiger partial charge in [-0.15, -0.1) is 11.6 Å². The van der Waals surface area contributed by atoms with Crippen molar-refractivity contribution in [1.82, 2.24) is 0 Å². The minimum Gasteiger partial charge on any atom is -1.00 e. The van der Waals surface area contributed by atoms with Gasteiger partial charge in [-0.25, -0.2) is 4.79 Å². The number of aliphatic hydroxyl groups is 1. The number of ether oxygens (including phenoxy) is 1. The Hall–Kier alpha value is -0.290. The molecule has 0 aliphatic heterocycles. The lowest BCUT2D eigenvalue weighted by Gasteiger charge is -2.34. The molecule has 0 spiro atoms. The first-order valence-corrected chi connectivity index (χ1v) is 5.74. The fraction of sp³-hybridized carbons (Fsp3) is 0.727. The van der Waals surface area contributed by atoms with Crippen LogP contribution < -0.4 is 12.4 Å². The van der Waals surface area contributed by atoms with Gasteiger partial charge in [-0.3, -0.25) is 0 Å². The highest BCUT2D eigenvalue weighted by molar-refractivity contribution is 6.17. The number of quaternary nitrogens is 1. The summed E-state index contributed by atoms with van der Waals surface area (Å²) >= 11 is 5.56. The Balaban J connectivity index is 0. The highest BCUT2D eigenvalue weighted by Gasteiger charge is 2.25. The smallest absolute Gasteiger partial charge is 0.333 e. The van der Waals surface area contributed by atoms with Gasteiger partial charge in [-0.1, -0.05) is 6.58 Å². The third-order valence-electron chi connectivity index (χ3n) is 2.42. The van der Waals surface area contributed by atoms with Crippen LogP contribution in [0.2, 0.25) is 0 Å². The molecule has 4 nitrogen and oxygen atoms in total. The summed E-state index contributed by atoms with van der Waals surface area (Å²) in [5.41, 5.74) is 0.381. The lowest BCUT2D eigenvalue weighted by atomic mass is 10.3. The van der Waals surface area contributed by atoms with Gasteiger partial charge in [0.25, 0.3) is 0 Å². The van der Waals surface area contributed by atoms with E-state index < -0.39 is 12.2 Å². The molecule has 0 aromatic rings. The molecule has 1 atom stereocenters. The number of alkyl halides is 1. The van der Waals surface area contributed by atoms with E-state index in [4.69, 9.17) is 16.3 Å². The Morgan fingerprint density at radius 1 is 1.53 bits per heavy atom. The second-order valence-electron chi connectivity index (χ2n) is 4.38. The molecule has 0 rings (SSSR count). The van der Waals surface area contributed by atoms with Gasteiger partial charge < -0.3 is 26.7 Å². The van der Waals surface area contributed by atoms with Gasteiger partial charge >= 0.3 is 5.97 Å². The predicted molar refractivity (Wildman–Crippen MR) is 64.1 cm³/mol. The summed E-state index contributed by atoms with van der Waals surface area (Å²) in [5.74, 6) is 0.0147. The topological polar surface area (TPSA) is 46.5 Å². The second kappa shape index (κ2) is 8.75. The van der Waals surface area contributed by atoms with Crippen molar-refractivity contribution in [3.63, 3.8) is 0 Å².